The van der Waals surface area contributed by atoms with E-state index in [-0.39, 0.29) is 25.3 Å². The number of hydrogen-bond acceptors (Lipinski definition) is 4. The van der Waals surface area contributed by atoms with Crippen LogP contribution in [0.4, 0.5) is 4.39 Å². The van der Waals surface area contributed by atoms with Crippen LogP contribution in [0.1, 0.15) is 12.8 Å². The molecule has 0 aromatic carbocycles. The molecule has 0 aliphatic heterocycles. The van der Waals surface area contributed by atoms with E-state index in [1.807, 2.05) is 6.07 Å². The number of hydrogen-bond donors (Lipinski definition) is 1. The number of carbonyl (C=O) groups excluding carboxylic acids is 1. The van der Waals surface area contributed by atoms with Gasteiger partial charge in [0.25, 0.3) is 5.56 Å². The number of nitrogens with zero attached hydrogens (tertiary/aromatic N) is 3. The molecule has 0 bridgehead atoms. The van der Waals surface area contributed by atoms with E-state index in [1.165, 1.54) is 11.9 Å². The lowest BCUT2D eigenvalue weighted by Gasteiger charge is -2.15. The van der Waals surface area contributed by atoms with Crippen LogP contribution in [-0.4, -0.2) is 34.0 Å². The first kappa shape index (κ1) is 14.6. The van der Waals surface area contributed by atoms with Crippen LogP contribution in [0.25, 0.3) is 0 Å². The summed E-state index contributed by atoms with van der Waals surface area (Å²) in [6.45, 7) is 0.256. The molecule has 0 aliphatic rings. The molecule has 1 amide bonds. The third kappa shape index (κ3) is 4.06. The van der Waals surface area contributed by atoms with Gasteiger partial charge in [0, 0.05) is 26.6 Å². The second-order valence-corrected chi connectivity index (χ2v) is 3.90. The number of nitrogens with one attached hydrogen (secondary N) is 1. The molecule has 1 aromatic rings. The minimum absolute atomic E-state index is 0.0205. The highest BCUT2D eigenvalue weighted by molar-refractivity contribution is 5.75. The molecular formula is C11H13FN4O3. The summed E-state index contributed by atoms with van der Waals surface area (Å²) in [5.41, 5.74) is -1.85. The van der Waals surface area contributed by atoms with E-state index in [2.05, 4.69) is 0 Å². The number of nitriles is 1. The van der Waals surface area contributed by atoms with Crippen LogP contribution >= 0.6 is 0 Å². The predicted molar refractivity (Wildman–Crippen MR) is 63.8 cm³/mol. The van der Waals surface area contributed by atoms with Crippen molar-refractivity contribution in [3.8, 4) is 6.07 Å². The molecule has 1 N–H and O–H groups in total. The predicted octanol–water partition coefficient (Wildman–Crippen LogP) is -0.562. The third-order valence-electron chi connectivity index (χ3n) is 2.52. The Morgan fingerprint density at radius 1 is 1.58 bits per heavy atom. The lowest BCUT2D eigenvalue weighted by molar-refractivity contribution is -0.130. The highest BCUT2D eigenvalue weighted by Crippen LogP contribution is 1.95. The zero-order chi connectivity index (χ0) is 14.4. The lowest BCUT2D eigenvalue weighted by atomic mass is 10.3. The summed E-state index contributed by atoms with van der Waals surface area (Å²) in [7, 11) is 1.54. The van der Waals surface area contributed by atoms with Crippen molar-refractivity contribution in [2.45, 2.75) is 19.4 Å². The largest absolute Gasteiger partial charge is 0.345 e. The van der Waals surface area contributed by atoms with Gasteiger partial charge in [-0.2, -0.15) is 9.65 Å². The zero-order valence-corrected chi connectivity index (χ0v) is 10.4. The van der Waals surface area contributed by atoms with E-state index in [0.29, 0.717) is 6.54 Å². The van der Waals surface area contributed by atoms with Gasteiger partial charge in [0.05, 0.1) is 18.7 Å². The SMILES string of the molecule is CN(CCC#N)C(=O)CCn1cc(F)c(=O)[nH]c1=O. The normalized spacial score (nSPS) is 9.95. The summed E-state index contributed by atoms with van der Waals surface area (Å²) in [4.78, 5) is 36.9. The van der Waals surface area contributed by atoms with Crippen molar-refractivity contribution in [2.75, 3.05) is 13.6 Å². The van der Waals surface area contributed by atoms with Crippen molar-refractivity contribution < 1.29 is 9.18 Å². The number of carbonyl (C=O) groups is 1. The number of halogens is 1. The van der Waals surface area contributed by atoms with Gasteiger partial charge in [-0.1, -0.05) is 0 Å². The smallest absolute Gasteiger partial charge is 0.328 e. The van der Waals surface area contributed by atoms with Crippen LogP contribution in [-0.2, 0) is 11.3 Å². The van der Waals surface area contributed by atoms with Crippen molar-refractivity contribution in [3.05, 3.63) is 32.9 Å². The Balaban J connectivity index is 2.65. The number of H-pyrrole nitrogens is 1. The summed E-state index contributed by atoms with van der Waals surface area (Å²) in [6.07, 6.45) is 0.965. The minimum Gasteiger partial charge on any atom is -0.345 e. The molecule has 0 saturated heterocycles. The average Bonchev–Trinajstić information content (AvgIpc) is 2.38. The van der Waals surface area contributed by atoms with Gasteiger partial charge in [0.1, 0.15) is 0 Å². The van der Waals surface area contributed by atoms with Crippen LogP contribution in [0.15, 0.2) is 15.8 Å². The quantitative estimate of drug-likeness (QED) is 0.773. The standard InChI is InChI=1S/C11H13FN4O3/c1-15(5-2-4-13)9(17)3-6-16-7-8(12)10(18)14-11(16)19/h7H,2-3,5-6H2,1H3,(H,14,18,19). The summed E-state index contributed by atoms with van der Waals surface area (Å²) >= 11 is 0. The molecule has 1 rings (SSSR count). The number of aromatic nitrogens is 2. The average molecular weight is 268 g/mol. The highest BCUT2D eigenvalue weighted by Gasteiger charge is 2.10. The van der Waals surface area contributed by atoms with Crippen LogP contribution in [0, 0.1) is 17.1 Å². The van der Waals surface area contributed by atoms with E-state index >= 15 is 0 Å². The molecule has 0 spiro atoms. The molecule has 0 saturated carbocycles. The molecule has 0 unspecified atom stereocenters. The van der Waals surface area contributed by atoms with Gasteiger partial charge in [0.15, 0.2) is 0 Å². The van der Waals surface area contributed by atoms with Gasteiger partial charge in [-0.25, -0.2) is 4.79 Å². The molecule has 0 fully saturated rings. The van der Waals surface area contributed by atoms with Crippen molar-refractivity contribution in [3.63, 3.8) is 0 Å². The Labute approximate surface area is 107 Å². The number of rotatable bonds is 5. The van der Waals surface area contributed by atoms with Gasteiger partial charge in [-0.15, -0.1) is 0 Å². The van der Waals surface area contributed by atoms with E-state index in [0.717, 1.165) is 10.8 Å². The molecule has 0 radical (unpaired) electrons. The number of aryl methyl sites for hydroxylation is 1. The van der Waals surface area contributed by atoms with Crippen LogP contribution in [0.5, 0.6) is 0 Å². The van der Waals surface area contributed by atoms with Crippen molar-refractivity contribution in [2.24, 2.45) is 0 Å². The maximum atomic E-state index is 13.0. The Kier molecular flexibility index (Phi) is 5.00. The molecule has 7 nitrogen and oxygen atoms in total. The maximum absolute atomic E-state index is 13.0. The van der Waals surface area contributed by atoms with Gasteiger partial charge in [0.2, 0.25) is 11.7 Å². The molecule has 0 aliphatic carbocycles. The maximum Gasteiger partial charge on any atom is 0.328 e. The second kappa shape index (κ2) is 6.49. The molecule has 19 heavy (non-hydrogen) atoms. The fourth-order valence-electron chi connectivity index (χ4n) is 1.40. The summed E-state index contributed by atoms with van der Waals surface area (Å²) in [5.74, 6) is -1.35. The number of amides is 1. The second-order valence-electron chi connectivity index (χ2n) is 3.90. The number of aromatic amines is 1. The lowest BCUT2D eigenvalue weighted by Crippen LogP contribution is -2.34. The Hall–Kier alpha value is -2.43. The van der Waals surface area contributed by atoms with Crippen LogP contribution in [0.2, 0.25) is 0 Å². The molecule has 1 aromatic heterocycles. The third-order valence-corrected chi connectivity index (χ3v) is 2.52. The molecular weight excluding hydrogens is 255 g/mol. The van der Waals surface area contributed by atoms with Crippen molar-refractivity contribution >= 4 is 5.91 Å². The Morgan fingerprint density at radius 3 is 2.89 bits per heavy atom. The fraction of sp³-hybridized carbons (Fsp3) is 0.455. The van der Waals surface area contributed by atoms with Gasteiger partial charge in [-0.3, -0.25) is 19.1 Å². The zero-order valence-electron chi connectivity index (χ0n) is 10.4. The first-order chi connectivity index (χ1) is 8.95. The highest BCUT2D eigenvalue weighted by atomic mass is 19.1. The van der Waals surface area contributed by atoms with Crippen molar-refractivity contribution in [1.29, 1.82) is 5.26 Å². The fourth-order valence-corrected chi connectivity index (χ4v) is 1.40. The van der Waals surface area contributed by atoms with Crippen LogP contribution < -0.4 is 11.2 Å². The van der Waals surface area contributed by atoms with E-state index in [1.54, 1.807) is 4.98 Å². The molecule has 0 atom stereocenters. The topological polar surface area (TPSA) is 99.0 Å². The summed E-state index contributed by atoms with van der Waals surface area (Å²) in [6, 6.07) is 1.91. The molecule has 8 heteroatoms. The Bertz CT molecular complexity index is 614. The first-order valence-corrected chi connectivity index (χ1v) is 5.56. The monoisotopic (exact) mass is 268 g/mol. The van der Waals surface area contributed by atoms with Gasteiger partial charge >= 0.3 is 5.69 Å². The summed E-state index contributed by atoms with van der Waals surface area (Å²) < 4.78 is 13.9. The first-order valence-electron chi connectivity index (χ1n) is 5.56. The molecule has 1 heterocycles. The van der Waals surface area contributed by atoms with Crippen molar-refractivity contribution in [1.82, 2.24) is 14.5 Å². The van der Waals surface area contributed by atoms with E-state index < -0.39 is 17.1 Å². The minimum atomic E-state index is -1.08. The summed E-state index contributed by atoms with van der Waals surface area (Å²) in [5, 5.41) is 8.39. The Morgan fingerprint density at radius 2 is 2.26 bits per heavy atom. The van der Waals surface area contributed by atoms with E-state index in [4.69, 9.17) is 5.26 Å². The van der Waals surface area contributed by atoms with Gasteiger partial charge in [-0.05, 0) is 0 Å². The van der Waals surface area contributed by atoms with Crippen LogP contribution in [0.3, 0.4) is 0 Å². The van der Waals surface area contributed by atoms with Gasteiger partial charge < -0.3 is 4.90 Å². The van der Waals surface area contributed by atoms with E-state index in [9.17, 15) is 18.8 Å². The molecule has 102 valence electrons.